The highest BCUT2D eigenvalue weighted by molar-refractivity contribution is 6.07. The molecule has 6 nitrogen and oxygen atoms in total. The van der Waals surface area contributed by atoms with Crippen molar-refractivity contribution in [2.75, 3.05) is 20.3 Å². The van der Waals surface area contributed by atoms with Crippen LogP contribution in [0, 0.1) is 11.3 Å². The number of nitriles is 1. The van der Waals surface area contributed by atoms with Gasteiger partial charge in [-0.05, 0) is 31.2 Å². The second kappa shape index (κ2) is 7.90. The lowest BCUT2D eigenvalue weighted by molar-refractivity contribution is 0.0501. The number of H-pyrrole nitrogens is 1. The molecule has 0 spiro atoms. The molecule has 0 saturated heterocycles. The van der Waals surface area contributed by atoms with Gasteiger partial charge in [0.05, 0.1) is 41.8 Å². The third kappa shape index (κ3) is 3.83. The molecular weight excluding hydrogens is 294 g/mol. The first-order chi connectivity index (χ1) is 11.2. The maximum Gasteiger partial charge on any atom is 0.340 e. The second-order valence-electron chi connectivity index (χ2n) is 4.92. The van der Waals surface area contributed by atoms with Gasteiger partial charge in [0.25, 0.3) is 0 Å². The normalized spacial score (nSPS) is 10.1. The number of hydrogen-bond acceptors (Lipinski definition) is 5. The summed E-state index contributed by atoms with van der Waals surface area (Å²) in [5.41, 5.74) is 1.54. The van der Waals surface area contributed by atoms with Gasteiger partial charge in [0.15, 0.2) is 0 Å². The number of aromatic amines is 1. The Balaban J connectivity index is 2.09. The monoisotopic (exact) mass is 313 g/mol. The van der Waals surface area contributed by atoms with Crippen LogP contribution < -0.4 is 10.1 Å². The van der Waals surface area contributed by atoms with E-state index in [1.54, 1.807) is 24.5 Å². The molecule has 0 amide bonds. The van der Waals surface area contributed by atoms with Crippen LogP contribution in [-0.4, -0.2) is 31.2 Å². The van der Waals surface area contributed by atoms with Gasteiger partial charge in [-0.1, -0.05) is 6.58 Å². The van der Waals surface area contributed by atoms with Gasteiger partial charge in [0, 0.05) is 12.7 Å². The largest absolute Gasteiger partial charge is 0.496 e. The summed E-state index contributed by atoms with van der Waals surface area (Å²) in [6.07, 6.45) is 4.88. The van der Waals surface area contributed by atoms with Crippen LogP contribution >= 0.6 is 0 Å². The van der Waals surface area contributed by atoms with Crippen LogP contribution in [0.1, 0.15) is 28.8 Å². The Morgan fingerprint density at radius 2 is 2.30 bits per heavy atom. The van der Waals surface area contributed by atoms with Crippen molar-refractivity contribution >= 4 is 16.9 Å². The van der Waals surface area contributed by atoms with Gasteiger partial charge in [0.1, 0.15) is 5.75 Å². The van der Waals surface area contributed by atoms with Crippen molar-refractivity contribution in [1.29, 1.82) is 5.26 Å². The zero-order valence-electron chi connectivity index (χ0n) is 13.0. The first kappa shape index (κ1) is 16.4. The van der Waals surface area contributed by atoms with E-state index in [2.05, 4.69) is 22.9 Å². The number of fused-ring (bicyclic) bond motifs is 1. The summed E-state index contributed by atoms with van der Waals surface area (Å²) >= 11 is 0. The summed E-state index contributed by atoms with van der Waals surface area (Å²) in [5.74, 6) is 0.0679. The van der Waals surface area contributed by atoms with E-state index in [0.29, 0.717) is 34.4 Å². The smallest absolute Gasteiger partial charge is 0.340 e. The molecular formula is C17H19N3O3. The third-order valence-electron chi connectivity index (χ3n) is 3.41. The van der Waals surface area contributed by atoms with Crippen molar-refractivity contribution < 1.29 is 14.3 Å². The summed E-state index contributed by atoms with van der Waals surface area (Å²) in [5, 5.41) is 12.6. The average molecular weight is 313 g/mol. The maximum absolute atomic E-state index is 12.2. The fourth-order valence-electron chi connectivity index (χ4n) is 2.29. The molecule has 120 valence electrons. The van der Waals surface area contributed by atoms with Gasteiger partial charge in [-0.2, -0.15) is 5.26 Å². The lowest BCUT2D eigenvalue weighted by Crippen LogP contribution is -2.10. The number of ether oxygens (including phenoxy) is 2. The van der Waals surface area contributed by atoms with Crippen molar-refractivity contribution in [2.45, 2.75) is 12.8 Å². The number of esters is 1. The lowest BCUT2D eigenvalue weighted by atomic mass is 10.1. The van der Waals surface area contributed by atoms with Crippen LogP contribution in [-0.2, 0) is 4.74 Å². The van der Waals surface area contributed by atoms with E-state index in [4.69, 9.17) is 14.7 Å². The number of nitrogens with zero attached hydrogens (tertiary/aromatic N) is 1. The van der Waals surface area contributed by atoms with Gasteiger partial charge in [0.2, 0.25) is 0 Å². The molecule has 0 atom stereocenters. The molecule has 0 aliphatic rings. The predicted molar refractivity (Wildman–Crippen MR) is 87.3 cm³/mol. The van der Waals surface area contributed by atoms with E-state index in [1.807, 2.05) is 0 Å². The molecule has 23 heavy (non-hydrogen) atoms. The summed E-state index contributed by atoms with van der Waals surface area (Å²) < 4.78 is 10.6. The van der Waals surface area contributed by atoms with Gasteiger partial charge in [-0.3, -0.25) is 0 Å². The number of carbonyl (C=O) groups excluding carboxylic acids is 1. The summed E-state index contributed by atoms with van der Waals surface area (Å²) in [6, 6.07) is 5.34. The predicted octanol–water partition coefficient (Wildman–Crippen LogP) is 2.72. The van der Waals surface area contributed by atoms with Crippen molar-refractivity contribution in [1.82, 2.24) is 10.3 Å². The standard InChI is InChI=1S/C17H19N3O3/c1-3-19-6-4-5-7-23-17(21)13-11-20-14-8-12(10-18)9-15(22-2)16(13)14/h3,8-9,11,19-20H,1,4-7H2,2H3. The number of aromatic nitrogens is 1. The van der Waals surface area contributed by atoms with Crippen molar-refractivity contribution in [3.63, 3.8) is 0 Å². The second-order valence-corrected chi connectivity index (χ2v) is 4.92. The molecule has 0 saturated carbocycles. The maximum atomic E-state index is 12.2. The topological polar surface area (TPSA) is 87.1 Å². The molecule has 1 aromatic carbocycles. The third-order valence-corrected chi connectivity index (χ3v) is 3.41. The number of methoxy groups -OCH3 is 1. The summed E-state index contributed by atoms with van der Waals surface area (Å²) in [4.78, 5) is 15.2. The Hall–Kier alpha value is -2.94. The van der Waals surface area contributed by atoms with E-state index < -0.39 is 5.97 Å². The van der Waals surface area contributed by atoms with Crippen molar-refractivity contribution in [2.24, 2.45) is 0 Å². The number of hydrogen-bond donors (Lipinski definition) is 2. The summed E-state index contributed by atoms with van der Waals surface area (Å²) in [6.45, 7) is 4.72. The lowest BCUT2D eigenvalue weighted by Gasteiger charge is -2.07. The molecule has 1 heterocycles. The van der Waals surface area contributed by atoms with Crippen molar-refractivity contribution in [3.8, 4) is 11.8 Å². The van der Waals surface area contributed by atoms with Crippen LogP contribution in [0.3, 0.4) is 0 Å². The Kier molecular flexibility index (Phi) is 5.64. The molecule has 0 fully saturated rings. The van der Waals surface area contributed by atoms with Crippen LogP contribution in [0.4, 0.5) is 0 Å². The molecule has 2 rings (SSSR count). The Morgan fingerprint density at radius 1 is 1.48 bits per heavy atom. The Bertz CT molecular complexity index is 743. The van der Waals surface area contributed by atoms with Gasteiger partial charge >= 0.3 is 5.97 Å². The van der Waals surface area contributed by atoms with Crippen LogP contribution in [0.5, 0.6) is 5.75 Å². The number of rotatable bonds is 8. The highest BCUT2D eigenvalue weighted by Crippen LogP contribution is 2.30. The first-order valence-corrected chi connectivity index (χ1v) is 7.32. The van der Waals surface area contributed by atoms with Crippen LogP contribution in [0.15, 0.2) is 31.1 Å². The van der Waals surface area contributed by atoms with Gasteiger partial charge < -0.3 is 19.8 Å². The minimum Gasteiger partial charge on any atom is -0.496 e. The molecule has 0 aliphatic heterocycles. The highest BCUT2D eigenvalue weighted by Gasteiger charge is 2.18. The SMILES string of the molecule is C=CNCCCCOC(=O)c1c[nH]c2cc(C#N)cc(OC)c12. The Labute approximate surface area is 134 Å². The summed E-state index contributed by atoms with van der Waals surface area (Å²) in [7, 11) is 1.50. The van der Waals surface area contributed by atoms with E-state index in [-0.39, 0.29) is 0 Å². The number of benzene rings is 1. The van der Waals surface area contributed by atoms with Crippen LogP contribution in [0.2, 0.25) is 0 Å². The van der Waals surface area contributed by atoms with E-state index in [9.17, 15) is 4.79 Å². The number of unbranched alkanes of at least 4 members (excludes halogenated alkanes) is 1. The first-order valence-electron chi connectivity index (χ1n) is 7.32. The molecule has 0 bridgehead atoms. The van der Waals surface area contributed by atoms with Crippen molar-refractivity contribution in [3.05, 3.63) is 42.2 Å². The molecule has 6 heteroatoms. The van der Waals surface area contributed by atoms with Crippen LogP contribution in [0.25, 0.3) is 10.9 Å². The number of carbonyl (C=O) groups is 1. The molecule has 0 radical (unpaired) electrons. The fourth-order valence-corrected chi connectivity index (χ4v) is 2.29. The molecule has 2 aromatic rings. The van der Waals surface area contributed by atoms with E-state index in [0.717, 1.165) is 19.4 Å². The molecule has 0 aliphatic carbocycles. The highest BCUT2D eigenvalue weighted by atomic mass is 16.5. The van der Waals surface area contributed by atoms with Gasteiger partial charge in [-0.25, -0.2) is 4.79 Å². The minimum atomic E-state index is -0.407. The molecule has 1 aromatic heterocycles. The quantitative estimate of drug-likeness (QED) is 0.578. The Morgan fingerprint density at radius 3 is 3.00 bits per heavy atom. The van der Waals surface area contributed by atoms with Gasteiger partial charge in [-0.15, -0.1) is 0 Å². The van der Waals surface area contributed by atoms with E-state index >= 15 is 0 Å². The minimum absolute atomic E-state index is 0.350. The average Bonchev–Trinajstić information content (AvgIpc) is 3.00. The fraction of sp³-hybridized carbons (Fsp3) is 0.294. The zero-order valence-corrected chi connectivity index (χ0v) is 13.0. The molecule has 2 N–H and O–H groups in total. The molecule has 0 unspecified atom stereocenters. The van der Waals surface area contributed by atoms with E-state index in [1.165, 1.54) is 7.11 Å². The zero-order chi connectivity index (χ0) is 16.7. The number of nitrogens with one attached hydrogen (secondary N) is 2.